The zero-order valence-electron chi connectivity index (χ0n) is 10.9. The Morgan fingerprint density at radius 2 is 1.71 bits per heavy atom. The molecule has 1 atom stereocenters. The number of carbonyl (C=O) groups is 1. The van der Waals surface area contributed by atoms with Gasteiger partial charge >= 0.3 is 0 Å². The summed E-state index contributed by atoms with van der Waals surface area (Å²) >= 11 is 0. The van der Waals surface area contributed by atoms with Gasteiger partial charge in [-0.2, -0.15) is 8.42 Å². The summed E-state index contributed by atoms with van der Waals surface area (Å²) in [6.07, 6.45) is -0.700. The zero-order chi connectivity index (χ0) is 15.0. The first-order chi connectivity index (χ1) is 9.97. The fourth-order valence-corrected chi connectivity index (χ4v) is 3.18. The van der Waals surface area contributed by atoms with E-state index in [1.54, 1.807) is 30.3 Å². The Labute approximate surface area is 121 Å². The molecular weight excluding hydrogens is 292 g/mol. The Hall–Kier alpha value is -2.18. The van der Waals surface area contributed by atoms with Gasteiger partial charge in [0.1, 0.15) is 16.7 Å². The van der Waals surface area contributed by atoms with Crippen molar-refractivity contribution in [3.05, 3.63) is 59.7 Å². The lowest BCUT2D eigenvalue weighted by Gasteiger charge is -2.26. The van der Waals surface area contributed by atoms with Crippen LogP contribution in [0.4, 0.5) is 0 Å². The van der Waals surface area contributed by atoms with Crippen LogP contribution in [0.15, 0.2) is 53.4 Å². The molecule has 108 valence electrons. The third-order valence-corrected chi connectivity index (χ3v) is 4.30. The van der Waals surface area contributed by atoms with E-state index < -0.39 is 16.2 Å². The highest BCUT2D eigenvalue weighted by atomic mass is 32.2. The highest BCUT2D eigenvalue weighted by molar-refractivity contribution is 7.85. The second kappa shape index (κ2) is 4.98. The van der Waals surface area contributed by atoms with Crippen molar-refractivity contribution in [2.24, 2.45) is 0 Å². The average molecular weight is 304 g/mol. The zero-order valence-corrected chi connectivity index (χ0v) is 11.7. The number of benzene rings is 2. The summed E-state index contributed by atoms with van der Waals surface area (Å²) in [5.74, 6) is 0.302. The third-order valence-electron chi connectivity index (χ3n) is 3.37. The summed E-state index contributed by atoms with van der Waals surface area (Å²) in [5, 5.41) is 0. The van der Waals surface area contributed by atoms with Crippen molar-refractivity contribution in [3.63, 3.8) is 0 Å². The molecule has 1 aliphatic rings. The second-order valence-electron chi connectivity index (χ2n) is 4.74. The normalized spacial score (nSPS) is 18.0. The fourth-order valence-electron chi connectivity index (χ4n) is 2.43. The molecule has 1 unspecified atom stereocenters. The van der Waals surface area contributed by atoms with Crippen molar-refractivity contribution in [2.45, 2.75) is 17.4 Å². The Balaban J connectivity index is 2.07. The van der Waals surface area contributed by atoms with Gasteiger partial charge in [-0.05, 0) is 18.2 Å². The smallest absolute Gasteiger partial charge is 0.294 e. The van der Waals surface area contributed by atoms with E-state index in [1.807, 2.05) is 0 Å². The third kappa shape index (κ3) is 2.55. The van der Waals surface area contributed by atoms with E-state index in [1.165, 1.54) is 18.2 Å². The first-order valence-electron chi connectivity index (χ1n) is 6.32. The number of hydrogen-bond acceptors (Lipinski definition) is 4. The predicted molar refractivity (Wildman–Crippen MR) is 75.0 cm³/mol. The van der Waals surface area contributed by atoms with Crippen molar-refractivity contribution in [1.82, 2.24) is 0 Å². The van der Waals surface area contributed by atoms with Gasteiger partial charge in [0.25, 0.3) is 10.1 Å². The number of Topliss-reactive ketones (excluding diaryl/α,β-unsaturated/α-hetero) is 1. The SMILES string of the molecule is O=C1CC(c2ccccc2S(=O)(=O)O)Oc2ccccc21. The van der Waals surface area contributed by atoms with Crippen LogP contribution in [0.1, 0.15) is 28.4 Å². The summed E-state index contributed by atoms with van der Waals surface area (Å²) in [6.45, 7) is 0. The van der Waals surface area contributed by atoms with Crippen molar-refractivity contribution < 1.29 is 22.5 Å². The van der Waals surface area contributed by atoms with Gasteiger partial charge in [0.05, 0.1) is 12.0 Å². The van der Waals surface area contributed by atoms with Crippen LogP contribution in [-0.4, -0.2) is 18.8 Å². The number of rotatable bonds is 2. The molecule has 0 saturated carbocycles. The van der Waals surface area contributed by atoms with E-state index in [-0.39, 0.29) is 22.7 Å². The Kier molecular flexibility index (Phi) is 3.27. The molecule has 3 rings (SSSR count). The minimum Gasteiger partial charge on any atom is -0.484 e. The molecular formula is C15H12O5S. The fraction of sp³-hybridized carbons (Fsp3) is 0.133. The molecule has 6 heteroatoms. The molecule has 0 aliphatic carbocycles. The molecule has 0 bridgehead atoms. The molecule has 0 radical (unpaired) electrons. The second-order valence-corrected chi connectivity index (χ2v) is 6.13. The largest absolute Gasteiger partial charge is 0.484 e. The number of carbonyl (C=O) groups excluding carboxylic acids is 1. The van der Waals surface area contributed by atoms with E-state index >= 15 is 0 Å². The lowest BCUT2D eigenvalue weighted by molar-refractivity contribution is 0.0846. The van der Waals surface area contributed by atoms with Crippen molar-refractivity contribution in [3.8, 4) is 5.75 Å². The number of fused-ring (bicyclic) bond motifs is 1. The topological polar surface area (TPSA) is 80.7 Å². The number of para-hydroxylation sites is 1. The molecule has 2 aromatic rings. The van der Waals surface area contributed by atoms with Crippen LogP contribution in [0.3, 0.4) is 0 Å². The van der Waals surface area contributed by atoms with E-state index in [4.69, 9.17) is 4.74 Å². The van der Waals surface area contributed by atoms with Crippen molar-refractivity contribution >= 4 is 15.9 Å². The highest BCUT2D eigenvalue weighted by Crippen LogP contribution is 2.36. The molecule has 0 aromatic heterocycles. The van der Waals surface area contributed by atoms with E-state index in [0.29, 0.717) is 11.3 Å². The molecule has 2 aromatic carbocycles. The monoisotopic (exact) mass is 304 g/mol. The summed E-state index contributed by atoms with van der Waals surface area (Å²) < 4.78 is 37.9. The lowest BCUT2D eigenvalue weighted by Crippen LogP contribution is -2.22. The quantitative estimate of drug-likeness (QED) is 0.863. The summed E-state index contributed by atoms with van der Waals surface area (Å²) in [5.41, 5.74) is 0.765. The standard InChI is InChI=1S/C15H12O5S/c16-12-9-14(20-13-7-3-1-5-10(12)13)11-6-2-4-8-15(11)21(17,18)19/h1-8,14H,9H2,(H,17,18,19). The van der Waals surface area contributed by atoms with Crippen LogP contribution < -0.4 is 4.74 Å². The maximum atomic E-state index is 12.1. The molecule has 5 nitrogen and oxygen atoms in total. The van der Waals surface area contributed by atoms with Crippen LogP contribution in [-0.2, 0) is 10.1 Å². The summed E-state index contributed by atoms with van der Waals surface area (Å²) in [6, 6.07) is 12.8. The summed E-state index contributed by atoms with van der Waals surface area (Å²) in [4.78, 5) is 11.9. The van der Waals surface area contributed by atoms with Gasteiger partial charge in [0, 0.05) is 5.56 Å². The minimum atomic E-state index is -4.37. The van der Waals surface area contributed by atoms with Gasteiger partial charge in [-0.3, -0.25) is 9.35 Å². The van der Waals surface area contributed by atoms with Crippen LogP contribution in [0.2, 0.25) is 0 Å². The van der Waals surface area contributed by atoms with Gasteiger partial charge in [-0.1, -0.05) is 30.3 Å². The van der Waals surface area contributed by atoms with Gasteiger partial charge in [0.2, 0.25) is 0 Å². The average Bonchev–Trinajstić information content (AvgIpc) is 2.46. The van der Waals surface area contributed by atoms with E-state index in [9.17, 15) is 17.8 Å². The van der Waals surface area contributed by atoms with Crippen molar-refractivity contribution in [1.29, 1.82) is 0 Å². The highest BCUT2D eigenvalue weighted by Gasteiger charge is 2.30. The molecule has 1 aliphatic heterocycles. The van der Waals surface area contributed by atoms with E-state index in [2.05, 4.69) is 0 Å². The van der Waals surface area contributed by atoms with Gasteiger partial charge < -0.3 is 4.74 Å². The predicted octanol–water partition coefficient (Wildman–Crippen LogP) is 2.64. The molecule has 21 heavy (non-hydrogen) atoms. The van der Waals surface area contributed by atoms with Crippen LogP contribution in [0, 0.1) is 0 Å². The summed E-state index contributed by atoms with van der Waals surface area (Å²) in [7, 11) is -4.37. The molecule has 1 heterocycles. The molecule has 0 fully saturated rings. The Morgan fingerprint density at radius 1 is 1.05 bits per heavy atom. The Morgan fingerprint density at radius 3 is 2.48 bits per heavy atom. The lowest BCUT2D eigenvalue weighted by atomic mass is 9.96. The van der Waals surface area contributed by atoms with E-state index in [0.717, 1.165) is 0 Å². The maximum absolute atomic E-state index is 12.1. The molecule has 0 saturated heterocycles. The first-order valence-corrected chi connectivity index (χ1v) is 7.76. The number of ether oxygens (including phenoxy) is 1. The van der Waals surface area contributed by atoms with Crippen molar-refractivity contribution in [2.75, 3.05) is 0 Å². The molecule has 0 amide bonds. The number of ketones is 1. The van der Waals surface area contributed by atoms with Gasteiger partial charge in [-0.25, -0.2) is 0 Å². The van der Waals surface area contributed by atoms with Crippen LogP contribution in [0.25, 0.3) is 0 Å². The first kappa shape index (κ1) is 13.8. The van der Waals surface area contributed by atoms with Gasteiger partial charge in [0.15, 0.2) is 5.78 Å². The number of hydrogen-bond donors (Lipinski definition) is 1. The van der Waals surface area contributed by atoms with Crippen LogP contribution in [0.5, 0.6) is 5.75 Å². The molecule has 0 spiro atoms. The Bertz CT molecular complexity index is 810. The molecule has 1 N–H and O–H groups in total. The van der Waals surface area contributed by atoms with Gasteiger partial charge in [-0.15, -0.1) is 0 Å². The maximum Gasteiger partial charge on any atom is 0.294 e. The van der Waals surface area contributed by atoms with Crippen LogP contribution >= 0.6 is 0 Å². The minimum absolute atomic E-state index is 0.0313.